The molecule has 3 N–H and O–H groups in total. The van der Waals surface area contributed by atoms with Gasteiger partial charge >= 0.3 is 0 Å². The van der Waals surface area contributed by atoms with Crippen molar-refractivity contribution in [1.29, 1.82) is 0 Å². The summed E-state index contributed by atoms with van der Waals surface area (Å²) in [6, 6.07) is 4.87. The molecule has 1 aliphatic carbocycles. The number of nitrogens with zero attached hydrogens (tertiary/aromatic N) is 2. The molecule has 1 aromatic carbocycles. The first kappa shape index (κ1) is 13.6. The quantitative estimate of drug-likeness (QED) is 0.485. The van der Waals surface area contributed by atoms with Crippen LogP contribution in [0.1, 0.15) is 25.7 Å². The number of hydrogen-bond donors (Lipinski definition) is 2. The van der Waals surface area contributed by atoms with E-state index in [-0.39, 0.29) is 5.69 Å². The molecule has 0 amide bonds. The third-order valence-electron chi connectivity index (χ3n) is 3.73. The van der Waals surface area contributed by atoms with Crippen LogP contribution in [-0.2, 0) is 0 Å². The van der Waals surface area contributed by atoms with E-state index in [4.69, 9.17) is 5.84 Å². The number of non-ortho nitro benzene ring substituents is 1. The molecule has 0 spiro atoms. The summed E-state index contributed by atoms with van der Waals surface area (Å²) in [4.78, 5) is 12.6. The van der Waals surface area contributed by atoms with E-state index in [2.05, 4.69) is 10.3 Å². The highest BCUT2D eigenvalue weighted by atomic mass is 16.6. The Kier molecular flexibility index (Phi) is 4.21. The summed E-state index contributed by atoms with van der Waals surface area (Å²) in [7, 11) is 1.97. The third-order valence-corrected chi connectivity index (χ3v) is 3.73. The Morgan fingerprint density at radius 3 is 2.68 bits per heavy atom. The van der Waals surface area contributed by atoms with Gasteiger partial charge < -0.3 is 10.3 Å². The molecule has 6 heteroatoms. The lowest BCUT2D eigenvalue weighted by atomic mass is 10.1. The van der Waals surface area contributed by atoms with Crippen molar-refractivity contribution < 1.29 is 4.92 Å². The molecule has 2 rings (SSSR count). The van der Waals surface area contributed by atoms with Crippen molar-refractivity contribution >= 4 is 17.1 Å². The van der Waals surface area contributed by atoms with Gasteiger partial charge in [0, 0.05) is 31.4 Å². The Labute approximate surface area is 112 Å². The lowest BCUT2D eigenvalue weighted by Crippen LogP contribution is -2.24. The monoisotopic (exact) mass is 264 g/mol. The normalized spacial score (nSPS) is 15.5. The zero-order chi connectivity index (χ0) is 13.8. The number of rotatable bonds is 5. The van der Waals surface area contributed by atoms with Crippen molar-refractivity contribution in [3.8, 4) is 0 Å². The predicted molar refractivity (Wildman–Crippen MR) is 76.1 cm³/mol. The molecule has 1 aliphatic rings. The number of nitrogens with one attached hydrogen (secondary N) is 1. The fourth-order valence-electron chi connectivity index (χ4n) is 2.69. The Morgan fingerprint density at radius 2 is 2.11 bits per heavy atom. The zero-order valence-electron chi connectivity index (χ0n) is 11.1. The van der Waals surface area contributed by atoms with Crippen LogP contribution in [0.25, 0.3) is 0 Å². The van der Waals surface area contributed by atoms with Gasteiger partial charge in [-0.3, -0.25) is 16.0 Å². The Morgan fingerprint density at radius 1 is 1.42 bits per heavy atom. The predicted octanol–water partition coefficient (Wildman–Crippen LogP) is 2.51. The van der Waals surface area contributed by atoms with Gasteiger partial charge in [-0.1, -0.05) is 12.8 Å². The third kappa shape index (κ3) is 3.35. The summed E-state index contributed by atoms with van der Waals surface area (Å²) in [5.74, 6) is 6.05. The molecule has 0 saturated heterocycles. The minimum atomic E-state index is -0.395. The van der Waals surface area contributed by atoms with E-state index in [1.165, 1.54) is 31.7 Å². The highest BCUT2D eigenvalue weighted by molar-refractivity contribution is 5.63. The SMILES string of the molecule is CN(CC1CCCC1)c1cc(NN)cc([N+](=O)[O-])c1. The number of anilines is 2. The summed E-state index contributed by atoms with van der Waals surface area (Å²) in [5.41, 5.74) is 3.92. The van der Waals surface area contributed by atoms with E-state index in [9.17, 15) is 10.1 Å². The number of nitro benzene ring substituents is 1. The zero-order valence-corrected chi connectivity index (χ0v) is 11.1. The van der Waals surface area contributed by atoms with E-state index in [1.54, 1.807) is 6.07 Å². The van der Waals surface area contributed by atoms with E-state index in [0.29, 0.717) is 11.6 Å². The molecular weight excluding hydrogens is 244 g/mol. The first-order valence-corrected chi connectivity index (χ1v) is 6.57. The van der Waals surface area contributed by atoms with Crippen LogP contribution in [0.5, 0.6) is 0 Å². The summed E-state index contributed by atoms with van der Waals surface area (Å²) in [6.45, 7) is 0.936. The number of hydrazine groups is 1. The van der Waals surface area contributed by atoms with Crippen LogP contribution in [0.4, 0.5) is 17.1 Å². The van der Waals surface area contributed by atoms with Crippen molar-refractivity contribution in [3.63, 3.8) is 0 Å². The van der Waals surface area contributed by atoms with Crippen LogP contribution >= 0.6 is 0 Å². The highest BCUT2D eigenvalue weighted by Gasteiger charge is 2.18. The maximum atomic E-state index is 10.9. The molecule has 1 fully saturated rings. The van der Waals surface area contributed by atoms with Gasteiger partial charge in [0.1, 0.15) is 0 Å². The molecule has 0 atom stereocenters. The smallest absolute Gasteiger partial charge is 0.273 e. The van der Waals surface area contributed by atoms with Gasteiger partial charge in [-0.05, 0) is 24.8 Å². The molecule has 6 nitrogen and oxygen atoms in total. The maximum absolute atomic E-state index is 10.9. The first-order valence-electron chi connectivity index (χ1n) is 6.57. The molecule has 0 unspecified atom stereocenters. The van der Waals surface area contributed by atoms with Gasteiger partial charge in [0.05, 0.1) is 10.6 Å². The largest absolute Gasteiger partial charge is 0.374 e. The molecule has 0 bridgehead atoms. The summed E-state index contributed by atoms with van der Waals surface area (Å²) >= 11 is 0. The minimum Gasteiger partial charge on any atom is -0.374 e. The summed E-state index contributed by atoms with van der Waals surface area (Å²) in [6.07, 6.45) is 5.09. The average Bonchev–Trinajstić information content (AvgIpc) is 2.90. The fourth-order valence-corrected chi connectivity index (χ4v) is 2.69. The highest BCUT2D eigenvalue weighted by Crippen LogP contribution is 2.30. The lowest BCUT2D eigenvalue weighted by Gasteiger charge is -2.23. The molecule has 1 saturated carbocycles. The Bertz CT molecular complexity index is 458. The maximum Gasteiger partial charge on any atom is 0.273 e. The van der Waals surface area contributed by atoms with Crippen LogP contribution in [0.3, 0.4) is 0 Å². The Balaban J connectivity index is 2.17. The molecule has 0 aliphatic heterocycles. The van der Waals surface area contributed by atoms with E-state index >= 15 is 0 Å². The first-order chi connectivity index (χ1) is 9.10. The van der Waals surface area contributed by atoms with Crippen molar-refractivity contribution in [2.45, 2.75) is 25.7 Å². The van der Waals surface area contributed by atoms with Crippen LogP contribution in [0.15, 0.2) is 18.2 Å². The second kappa shape index (κ2) is 5.88. The number of nitrogen functional groups attached to an aromatic ring is 1. The molecule has 0 aromatic heterocycles. The van der Waals surface area contributed by atoms with Crippen LogP contribution < -0.4 is 16.2 Å². The van der Waals surface area contributed by atoms with Crippen LogP contribution in [0.2, 0.25) is 0 Å². The topological polar surface area (TPSA) is 84.4 Å². The number of hydrogen-bond acceptors (Lipinski definition) is 5. The van der Waals surface area contributed by atoms with Gasteiger partial charge in [0.25, 0.3) is 5.69 Å². The lowest BCUT2D eigenvalue weighted by molar-refractivity contribution is -0.384. The van der Waals surface area contributed by atoms with Crippen LogP contribution in [0, 0.1) is 16.0 Å². The standard InChI is InChI=1S/C13H20N4O2/c1-16(9-10-4-2-3-5-10)12-6-11(15-14)7-13(8-12)17(18)19/h6-8,10,15H,2-5,9,14H2,1H3. The van der Waals surface area contributed by atoms with Gasteiger partial charge in [0.2, 0.25) is 0 Å². The minimum absolute atomic E-state index is 0.0590. The van der Waals surface area contributed by atoms with Crippen molar-refractivity contribution in [3.05, 3.63) is 28.3 Å². The average molecular weight is 264 g/mol. The summed E-state index contributed by atoms with van der Waals surface area (Å²) in [5, 5.41) is 10.9. The second-order valence-electron chi connectivity index (χ2n) is 5.17. The molecular formula is C13H20N4O2. The number of benzene rings is 1. The number of nitro groups is 1. The molecule has 19 heavy (non-hydrogen) atoms. The van der Waals surface area contributed by atoms with Gasteiger partial charge in [-0.15, -0.1) is 0 Å². The molecule has 1 aromatic rings. The summed E-state index contributed by atoms with van der Waals surface area (Å²) < 4.78 is 0. The van der Waals surface area contributed by atoms with Crippen molar-refractivity contribution in [1.82, 2.24) is 0 Å². The second-order valence-corrected chi connectivity index (χ2v) is 5.17. The fraction of sp³-hybridized carbons (Fsp3) is 0.538. The van der Waals surface area contributed by atoms with E-state index in [0.717, 1.165) is 12.2 Å². The van der Waals surface area contributed by atoms with Crippen molar-refractivity contribution in [2.24, 2.45) is 11.8 Å². The molecule has 0 heterocycles. The molecule has 0 radical (unpaired) electrons. The van der Waals surface area contributed by atoms with E-state index < -0.39 is 4.92 Å². The van der Waals surface area contributed by atoms with Crippen LogP contribution in [-0.4, -0.2) is 18.5 Å². The molecule has 104 valence electrons. The van der Waals surface area contributed by atoms with Gasteiger partial charge in [-0.25, -0.2) is 0 Å². The van der Waals surface area contributed by atoms with Crippen molar-refractivity contribution in [2.75, 3.05) is 23.9 Å². The Hall–Kier alpha value is -1.82. The van der Waals surface area contributed by atoms with Gasteiger partial charge in [-0.2, -0.15) is 0 Å². The number of nitrogens with two attached hydrogens (primary N) is 1. The van der Waals surface area contributed by atoms with Gasteiger partial charge in [0.15, 0.2) is 0 Å². The van der Waals surface area contributed by atoms with E-state index in [1.807, 2.05) is 13.1 Å².